The third kappa shape index (κ3) is 5.07. The minimum atomic E-state index is -0.793. The summed E-state index contributed by atoms with van der Waals surface area (Å²) in [6.07, 6.45) is 5.46. The van der Waals surface area contributed by atoms with Crippen LogP contribution in [0, 0.1) is 5.92 Å². The molecular weight excluding hydrogens is 446 g/mol. The molecule has 3 aromatic rings. The van der Waals surface area contributed by atoms with Crippen LogP contribution in [0.15, 0.2) is 48.7 Å². The lowest BCUT2D eigenvalue weighted by Gasteiger charge is -2.35. The third-order valence-corrected chi connectivity index (χ3v) is 7.05. The first-order valence-electron chi connectivity index (χ1n) is 11.9. The van der Waals surface area contributed by atoms with Gasteiger partial charge < -0.3 is 25.2 Å². The third-order valence-electron chi connectivity index (χ3n) is 7.05. The molecule has 1 saturated carbocycles. The number of carbonyl (C=O) groups excluding carboxylic acids is 2. The first-order chi connectivity index (χ1) is 16.9. The molecule has 2 aliphatic rings. The van der Waals surface area contributed by atoms with Crippen molar-refractivity contribution in [2.75, 3.05) is 24.4 Å². The number of fused-ring (bicyclic) bond motifs is 2. The fourth-order valence-electron chi connectivity index (χ4n) is 4.96. The second kappa shape index (κ2) is 9.54. The lowest BCUT2D eigenvalue weighted by Crippen LogP contribution is -2.38. The first kappa shape index (κ1) is 23.1. The zero-order valence-electron chi connectivity index (χ0n) is 19.7. The Morgan fingerprint density at radius 1 is 1.26 bits per heavy atom. The molecule has 1 aliphatic heterocycles. The van der Waals surface area contributed by atoms with Gasteiger partial charge in [-0.15, -0.1) is 0 Å². The van der Waals surface area contributed by atoms with Gasteiger partial charge in [0.1, 0.15) is 11.5 Å². The van der Waals surface area contributed by atoms with Gasteiger partial charge in [-0.1, -0.05) is 12.1 Å². The number of carbonyl (C=O) groups is 2. The SMILES string of the molecule is COc1cnc2cccc(CCC3(O)CCC(C(=O)Nc4ccc5c(c4)NC(=O)CO5)CC3)c2c1. The van der Waals surface area contributed by atoms with E-state index in [9.17, 15) is 14.7 Å². The number of anilines is 2. The van der Waals surface area contributed by atoms with Crippen molar-refractivity contribution < 1.29 is 24.2 Å². The van der Waals surface area contributed by atoms with Crippen molar-refractivity contribution in [2.24, 2.45) is 5.92 Å². The summed E-state index contributed by atoms with van der Waals surface area (Å²) in [7, 11) is 1.63. The van der Waals surface area contributed by atoms with Crippen molar-refractivity contribution in [3.05, 3.63) is 54.2 Å². The van der Waals surface area contributed by atoms with Crippen LogP contribution in [0.3, 0.4) is 0 Å². The lowest BCUT2D eigenvalue weighted by molar-refractivity contribution is -0.123. The van der Waals surface area contributed by atoms with Crippen molar-refractivity contribution >= 4 is 34.1 Å². The number of aromatic nitrogens is 1. The van der Waals surface area contributed by atoms with E-state index in [4.69, 9.17) is 9.47 Å². The van der Waals surface area contributed by atoms with Crippen molar-refractivity contribution in [3.63, 3.8) is 0 Å². The van der Waals surface area contributed by atoms with Gasteiger partial charge in [0.05, 0.1) is 30.1 Å². The van der Waals surface area contributed by atoms with Gasteiger partial charge in [0.25, 0.3) is 5.91 Å². The zero-order valence-corrected chi connectivity index (χ0v) is 19.7. The number of rotatable bonds is 6. The number of nitrogens with one attached hydrogen (secondary N) is 2. The van der Waals surface area contributed by atoms with E-state index in [1.54, 1.807) is 31.5 Å². The molecule has 0 atom stereocenters. The van der Waals surface area contributed by atoms with Crippen LogP contribution in [0.5, 0.6) is 11.5 Å². The Morgan fingerprint density at radius 2 is 2.09 bits per heavy atom. The highest BCUT2D eigenvalue weighted by molar-refractivity contribution is 5.98. The number of benzene rings is 2. The number of amides is 2. The Bertz CT molecular complexity index is 1270. The van der Waals surface area contributed by atoms with Crippen molar-refractivity contribution in [2.45, 2.75) is 44.1 Å². The summed E-state index contributed by atoms with van der Waals surface area (Å²) in [6.45, 7) is -0.00470. The molecule has 0 unspecified atom stereocenters. The molecule has 0 radical (unpaired) electrons. The molecule has 8 heteroatoms. The van der Waals surface area contributed by atoms with Crippen molar-refractivity contribution in [3.8, 4) is 11.5 Å². The van der Waals surface area contributed by atoms with E-state index in [2.05, 4.69) is 21.7 Å². The molecule has 1 aliphatic carbocycles. The Morgan fingerprint density at radius 3 is 2.89 bits per heavy atom. The van der Waals surface area contributed by atoms with Crippen LogP contribution in [-0.4, -0.2) is 41.2 Å². The Kier molecular flexibility index (Phi) is 6.30. The first-order valence-corrected chi connectivity index (χ1v) is 11.9. The van der Waals surface area contributed by atoms with E-state index >= 15 is 0 Å². The van der Waals surface area contributed by atoms with Crippen LogP contribution >= 0.6 is 0 Å². The number of ether oxygens (including phenoxy) is 2. The molecule has 2 amide bonds. The molecule has 3 N–H and O–H groups in total. The van der Waals surface area contributed by atoms with Crippen LogP contribution in [0.1, 0.15) is 37.7 Å². The molecule has 0 bridgehead atoms. The number of aryl methyl sites for hydroxylation is 1. The summed E-state index contributed by atoms with van der Waals surface area (Å²) >= 11 is 0. The summed E-state index contributed by atoms with van der Waals surface area (Å²) in [5.41, 5.74) is 2.41. The van der Waals surface area contributed by atoms with Gasteiger partial charge in [-0.05, 0) is 74.4 Å². The minimum Gasteiger partial charge on any atom is -0.495 e. The molecule has 5 rings (SSSR count). The minimum absolute atomic E-state index is 0.00470. The maximum atomic E-state index is 12.9. The van der Waals surface area contributed by atoms with E-state index in [1.807, 2.05) is 18.2 Å². The largest absolute Gasteiger partial charge is 0.495 e. The van der Waals surface area contributed by atoms with E-state index in [1.165, 1.54) is 0 Å². The Balaban J connectivity index is 1.18. The fraction of sp³-hybridized carbons (Fsp3) is 0.370. The second-order valence-electron chi connectivity index (χ2n) is 9.39. The average molecular weight is 476 g/mol. The van der Waals surface area contributed by atoms with E-state index in [0.29, 0.717) is 55.0 Å². The molecule has 182 valence electrons. The summed E-state index contributed by atoms with van der Waals surface area (Å²) in [5.74, 6) is 0.853. The predicted octanol–water partition coefficient (Wildman–Crippen LogP) is 4.07. The molecule has 2 aromatic carbocycles. The fourth-order valence-corrected chi connectivity index (χ4v) is 4.96. The quantitative estimate of drug-likeness (QED) is 0.496. The monoisotopic (exact) mass is 475 g/mol. The second-order valence-corrected chi connectivity index (χ2v) is 9.39. The zero-order chi connectivity index (χ0) is 24.4. The van der Waals surface area contributed by atoms with Crippen LogP contribution < -0.4 is 20.1 Å². The molecule has 1 aromatic heterocycles. The number of methoxy groups -OCH3 is 1. The number of pyridine rings is 1. The molecule has 35 heavy (non-hydrogen) atoms. The summed E-state index contributed by atoms with van der Waals surface area (Å²) < 4.78 is 10.7. The summed E-state index contributed by atoms with van der Waals surface area (Å²) in [4.78, 5) is 28.9. The normalized spacial score (nSPS) is 21.5. The maximum absolute atomic E-state index is 12.9. The smallest absolute Gasteiger partial charge is 0.262 e. The Hall–Kier alpha value is -3.65. The van der Waals surface area contributed by atoms with Gasteiger partial charge >= 0.3 is 0 Å². The Labute approximate surface area is 203 Å². The van der Waals surface area contributed by atoms with E-state index in [-0.39, 0.29) is 24.3 Å². The molecule has 8 nitrogen and oxygen atoms in total. The van der Waals surface area contributed by atoms with Crippen LogP contribution in [0.4, 0.5) is 11.4 Å². The standard InChI is InChI=1S/C27H29N3O5/c1-34-20-14-21-17(3-2-4-22(21)28-15-20)7-10-27(33)11-8-18(9-12-27)26(32)29-19-5-6-24-23(13-19)30-25(31)16-35-24/h2-6,13-15,18,33H,7-12,16H2,1H3,(H,29,32)(H,30,31). The highest BCUT2D eigenvalue weighted by atomic mass is 16.5. The summed E-state index contributed by atoms with van der Waals surface area (Å²) in [5, 5.41) is 18.0. The van der Waals surface area contributed by atoms with Crippen molar-refractivity contribution in [1.82, 2.24) is 4.98 Å². The van der Waals surface area contributed by atoms with Gasteiger partial charge in [0, 0.05) is 17.0 Å². The van der Waals surface area contributed by atoms with Gasteiger partial charge in [-0.25, -0.2) is 0 Å². The predicted molar refractivity (Wildman–Crippen MR) is 133 cm³/mol. The highest BCUT2D eigenvalue weighted by Gasteiger charge is 2.35. The van der Waals surface area contributed by atoms with Gasteiger partial charge in [0.2, 0.25) is 5.91 Å². The lowest BCUT2D eigenvalue weighted by atomic mass is 9.75. The van der Waals surface area contributed by atoms with Gasteiger partial charge in [0.15, 0.2) is 6.61 Å². The van der Waals surface area contributed by atoms with Gasteiger partial charge in [-0.2, -0.15) is 0 Å². The molecule has 2 heterocycles. The van der Waals surface area contributed by atoms with Crippen LogP contribution in [0.25, 0.3) is 10.9 Å². The van der Waals surface area contributed by atoms with Crippen LogP contribution in [0.2, 0.25) is 0 Å². The van der Waals surface area contributed by atoms with Crippen molar-refractivity contribution in [1.29, 1.82) is 0 Å². The molecule has 0 saturated heterocycles. The highest BCUT2D eigenvalue weighted by Crippen LogP contribution is 2.37. The number of nitrogens with zero attached hydrogens (tertiary/aromatic N) is 1. The average Bonchev–Trinajstić information content (AvgIpc) is 2.87. The summed E-state index contributed by atoms with van der Waals surface area (Å²) in [6, 6.07) is 13.2. The maximum Gasteiger partial charge on any atom is 0.262 e. The topological polar surface area (TPSA) is 110 Å². The molecular formula is C27H29N3O5. The molecule has 1 fully saturated rings. The van der Waals surface area contributed by atoms with Gasteiger partial charge in [-0.3, -0.25) is 14.6 Å². The number of hydrogen-bond acceptors (Lipinski definition) is 6. The number of aliphatic hydroxyl groups is 1. The van der Waals surface area contributed by atoms with E-state index in [0.717, 1.165) is 22.9 Å². The van der Waals surface area contributed by atoms with E-state index < -0.39 is 5.60 Å². The number of hydrogen-bond donors (Lipinski definition) is 3. The molecule has 0 spiro atoms. The van der Waals surface area contributed by atoms with Crippen LogP contribution in [-0.2, 0) is 16.0 Å².